The smallest absolute Gasteiger partial charge is 0.178 e. The fourth-order valence-corrected chi connectivity index (χ4v) is 0.971. The number of aromatic nitrogens is 1. The van der Waals surface area contributed by atoms with Crippen LogP contribution in [0.25, 0.3) is 0 Å². The van der Waals surface area contributed by atoms with Gasteiger partial charge in [-0.05, 0) is 12.8 Å². The minimum atomic E-state index is -0.614. The van der Waals surface area contributed by atoms with Gasteiger partial charge in [0, 0.05) is 6.20 Å². The first-order valence-corrected chi connectivity index (χ1v) is 4.06. The minimum Gasteiger partial charge on any atom is -0.486 e. The molecule has 3 nitrogen and oxygen atoms in total. The molecule has 1 aromatic heterocycles. The predicted octanol–water partition coefficient (Wildman–Crippen LogP) is 1.57. The first-order valence-electron chi connectivity index (χ1n) is 4.06. The van der Waals surface area contributed by atoms with Crippen LogP contribution in [0.5, 0.6) is 5.75 Å². The van der Waals surface area contributed by atoms with Crippen molar-refractivity contribution in [1.29, 1.82) is 0 Å². The maximum Gasteiger partial charge on any atom is 0.178 e. The zero-order valence-corrected chi connectivity index (χ0v) is 6.87. The molecule has 1 aliphatic carbocycles. The zero-order chi connectivity index (χ0) is 9.26. The van der Waals surface area contributed by atoms with E-state index in [1.165, 1.54) is 12.4 Å². The fraction of sp³-hybridized carbons (Fsp3) is 0.333. The lowest BCUT2D eigenvalue weighted by atomic mass is 10.3. The second kappa shape index (κ2) is 3.12. The monoisotopic (exact) mass is 181 g/mol. The van der Waals surface area contributed by atoms with E-state index in [1.807, 2.05) is 0 Å². The third-order valence-electron chi connectivity index (χ3n) is 1.82. The predicted molar refractivity (Wildman–Crippen MR) is 43.2 cm³/mol. The van der Waals surface area contributed by atoms with Crippen LogP contribution in [-0.4, -0.2) is 17.4 Å². The lowest BCUT2D eigenvalue weighted by Crippen LogP contribution is -2.01. The molecule has 0 amide bonds. The van der Waals surface area contributed by atoms with Crippen LogP contribution in [0.4, 0.5) is 4.39 Å². The third kappa shape index (κ3) is 1.66. The zero-order valence-electron chi connectivity index (χ0n) is 6.87. The summed E-state index contributed by atoms with van der Waals surface area (Å²) in [5.41, 5.74) is -0.0573. The maximum atomic E-state index is 13.3. The van der Waals surface area contributed by atoms with Crippen LogP contribution >= 0.6 is 0 Å². The number of aldehydes is 1. The molecule has 0 radical (unpaired) electrons. The first-order chi connectivity index (χ1) is 6.31. The molecular formula is C9H8FNO2. The number of carbonyl (C=O) groups is 1. The van der Waals surface area contributed by atoms with E-state index in [0.29, 0.717) is 6.29 Å². The molecule has 1 saturated carbocycles. The summed E-state index contributed by atoms with van der Waals surface area (Å²) in [5.74, 6) is -0.538. The second-order valence-electron chi connectivity index (χ2n) is 2.98. The second-order valence-corrected chi connectivity index (χ2v) is 2.98. The number of rotatable bonds is 3. The van der Waals surface area contributed by atoms with E-state index in [9.17, 15) is 9.18 Å². The topological polar surface area (TPSA) is 39.2 Å². The van der Waals surface area contributed by atoms with Crippen LogP contribution in [0.3, 0.4) is 0 Å². The van der Waals surface area contributed by atoms with Gasteiger partial charge in [0.1, 0.15) is 0 Å². The lowest BCUT2D eigenvalue weighted by Gasteiger charge is -2.04. The molecule has 0 N–H and O–H groups in total. The van der Waals surface area contributed by atoms with E-state index in [2.05, 4.69) is 4.98 Å². The van der Waals surface area contributed by atoms with Crippen LogP contribution in [0.15, 0.2) is 12.4 Å². The van der Waals surface area contributed by atoms with Gasteiger partial charge in [0.25, 0.3) is 0 Å². The van der Waals surface area contributed by atoms with Crippen molar-refractivity contribution in [2.45, 2.75) is 18.9 Å². The summed E-state index contributed by atoms with van der Waals surface area (Å²) in [6.45, 7) is 0. The van der Waals surface area contributed by atoms with Crippen molar-refractivity contribution in [2.75, 3.05) is 0 Å². The number of nitrogens with zero attached hydrogens (tertiary/aromatic N) is 1. The number of hydrogen-bond donors (Lipinski definition) is 0. The van der Waals surface area contributed by atoms with Crippen molar-refractivity contribution in [3.8, 4) is 5.75 Å². The minimum absolute atomic E-state index is 0.0573. The molecule has 68 valence electrons. The van der Waals surface area contributed by atoms with E-state index in [1.54, 1.807) is 0 Å². The number of halogens is 1. The van der Waals surface area contributed by atoms with Crippen molar-refractivity contribution >= 4 is 6.29 Å². The lowest BCUT2D eigenvalue weighted by molar-refractivity contribution is 0.111. The van der Waals surface area contributed by atoms with Gasteiger partial charge in [-0.1, -0.05) is 0 Å². The molecular weight excluding hydrogens is 173 g/mol. The van der Waals surface area contributed by atoms with Crippen LogP contribution in [0.1, 0.15) is 23.2 Å². The molecule has 0 spiro atoms. The molecule has 0 bridgehead atoms. The summed E-state index contributed by atoms with van der Waals surface area (Å²) >= 11 is 0. The Balaban J connectivity index is 2.27. The molecule has 0 unspecified atom stereocenters. The number of ether oxygens (including phenoxy) is 1. The molecule has 1 heterocycles. The molecule has 1 aliphatic rings. The summed E-state index contributed by atoms with van der Waals surface area (Å²) in [5, 5.41) is 0. The van der Waals surface area contributed by atoms with Crippen LogP contribution < -0.4 is 4.74 Å². The van der Waals surface area contributed by atoms with E-state index < -0.39 is 5.82 Å². The largest absolute Gasteiger partial charge is 0.486 e. The molecule has 2 rings (SSSR count). The Morgan fingerprint density at radius 1 is 1.54 bits per heavy atom. The van der Waals surface area contributed by atoms with Gasteiger partial charge in [-0.2, -0.15) is 0 Å². The molecule has 1 aromatic rings. The van der Waals surface area contributed by atoms with Gasteiger partial charge in [0.2, 0.25) is 0 Å². The van der Waals surface area contributed by atoms with Crippen molar-refractivity contribution in [1.82, 2.24) is 4.98 Å². The van der Waals surface area contributed by atoms with Crippen molar-refractivity contribution < 1.29 is 13.9 Å². The van der Waals surface area contributed by atoms with Gasteiger partial charge in [0.05, 0.1) is 17.9 Å². The number of hydrogen-bond acceptors (Lipinski definition) is 3. The molecule has 0 aromatic carbocycles. The maximum absolute atomic E-state index is 13.3. The summed E-state index contributed by atoms with van der Waals surface area (Å²) < 4.78 is 18.5. The normalized spacial score (nSPS) is 15.5. The number of pyridine rings is 1. The van der Waals surface area contributed by atoms with Crippen LogP contribution in [-0.2, 0) is 0 Å². The van der Waals surface area contributed by atoms with Crippen molar-refractivity contribution in [3.63, 3.8) is 0 Å². The Kier molecular flexibility index (Phi) is 1.96. The molecule has 1 fully saturated rings. The number of carbonyl (C=O) groups excluding carboxylic acids is 1. The fourth-order valence-electron chi connectivity index (χ4n) is 0.971. The van der Waals surface area contributed by atoms with Gasteiger partial charge >= 0.3 is 0 Å². The van der Waals surface area contributed by atoms with Gasteiger partial charge in [-0.25, -0.2) is 4.39 Å². The molecule has 4 heteroatoms. The average Bonchev–Trinajstić information content (AvgIpc) is 2.92. The quantitative estimate of drug-likeness (QED) is 0.664. The van der Waals surface area contributed by atoms with Crippen LogP contribution in [0, 0.1) is 5.82 Å². The standard InChI is InChI=1S/C9H8FNO2/c10-9-6(5-12)3-11-4-8(9)13-7-1-2-7/h3-5,7H,1-2H2. The summed E-state index contributed by atoms with van der Waals surface area (Å²) in [6, 6.07) is 0. The summed E-state index contributed by atoms with van der Waals surface area (Å²) in [6.07, 6.45) is 4.92. The van der Waals surface area contributed by atoms with Crippen LogP contribution in [0.2, 0.25) is 0 Å². The average molecular weight is 181 g/mol. The Morgan fingerprint density at radius 3 is 2.92 bits per heavy atom. The van der Waals surface area contributed by atoms with Gasteiger partial charge in [0.15, 0.2) is 17.9 Å². The van der Waals surface area contributed by atoms with E-state index in [-0.39, 0.29) is 17.4 Å². The van der Waals surface area contributed by atoms with Gasteiger partial charge < -0.3 is 4.74 Å². The molecule has 0 aliphatic heterocycles. The summed E-state index contributed by atoms with van der Waals surface area (Å²) in [7, 11) is 0. The van der Waals surface area contributed by atoms with E-state index in [0.717, 1.165) is 12.8 Å². The van der Waals surface area contributed by atoms with Crippen molar-refractivity contribution in [3.05, 3.63) is 23.8 Å². The molecule has 13 heavy (non-hydrogen) atoms. The molecule has 0 saturated heterocycles. The Morgan fingerprint density at radius 2 is 2.31 bits per heavy atom. The highest BCUT2D eigenvalue weighted by Gasteiger charge is 2.25. The SMILES string of the molecule is O=Cc1cncc(OC2CC2)c1F. The molecule has 0 atom stereocenters. The highest BCUT2D eigenvalue weighted by atomic mass is 19.1. The van der Waals surface area contributed by atoms with E-state index in [4.69, 9.17) is 4.74 Å². The summed E-state index contributed by atoms with van der Waals surface area (Å²) in [4.78, 5) is 14.0. The highest BCUT2D eigenvalue weighted by Crippen LogP contribution is 2.28. The van der Waals surface area contributed by atoms with Crippen molar-refractivity contribution in [2.24, 2.45) is 0 Å². The highest BCUT2D eigenvalue weighted by molar-refractivity contribution is 5.75. The van der Waals surface area contributed by atoms with Gasteiger partial charge in [-0.3, -0.25) is 9.78 Å². The van der Waals surface area contributed by atoms with Gasteiger partial charge in [-0.15, -0.1) is 0 Å². The van der Waals surface area contributed by atoms with E-state index >= 15 is 0 Å². The Bertz CT molecular complexity index is 336. The Labute approximate surface area is 74.5 Å². The third-order valence-corrected chi connectivity index (χ3v) is 1.82. The Hall–Kier alpha value is -1.45. The first kappa shape index (κ1) is 8.16.